The molecule has 4 rings (SSSR count). The average molecular weight is 434 g/mol. The third-order valence-corrected chi connectivity index (χ3v) is 6.58. The number of rotatable bonds is 4. The van der Waals surface area contributed by atoms with Crippen LogP contribution in [-0.2, 0) is 0 Å². The van der Waals surface area contributed by atoms with Crippen molar-refractivity contribution in [2.75, 3.05) is 13.1 Å². The van der Waals surface area contributed by atoms with E-state index >= 15 is 0 Å². The molecule has 5 nitrogen and oxygen atoms in total. The van der Waals surface area contributed by atoms with E-state index in [0.717, 1.165) is 10.6 Å². The van der Waals surface area contributed by atoms with Crippen LogP contribution >= 0.6 is 34.5 Å². The molecule has 0 bridgehead atoms. The minimum Gasteiger partial charge on any atom is -0.337 e. The van der Waals surface area contributed by atoms with Crippen LogP contribution < -0.4 is 0 Å². The Labute approximate surface area is 176 Å². The second-order valence-electron chi connectivity index (χ2n) is 6.70. The average Bonchev–Trinajstić information content (AvgIpc) is 3.41. The maximum absolute atomic E-state index is 12.7. The van der Waals surface area contributed by atoms with Gasteiger partial charge in [-0.2, -0.15) is 5.10 Å². The van der Waals surface area contributed by atoms with Crippen molar-refractivity contribution in [2.45, 2.75) is 12.8 Å². The Morgan fingerprint density at radius 2 is 1.89 bits per heavy atom. The molecule has 0 atom stereocenters. The van der Waals surface area contributed by atoms with Crippen molar-refractivity contribution >= 4 is 46.2 Å². The molecule has 1 aliphatic rings. The number of carbonyl (C=O) groups is 2. The monoisotopic (exact) mass is 433 g/mol. The van der Waals surface area contributed by atoms with Crippen molar-refractivity contribution in [3.63, 3.8) is 0 Å². The minimum absolute atomic E-state index is 0.0467. The van der Waals surface area contributed by atoms with Gasteiger partial charge in [0.2, 0.25) is 0 Å². The zero-order valence-electron chi connectivity index (χ0n) is 14.8. The predicted octanol–water partition coefficient (Wildman–Crippen LogP) is 5.18. The van der Waals surface area contributed by atoms with Gasteiger partial charge in [0.1, 0.15) is 0 Å². The number of thiophene rings is 1. The predicted molar refractivity (Wildman–Crippen MR) is 111 cm³/mol. The van der Waals surface area contributed by atoms with Crippen LogP contribution in [0.4, 0.5) is 0 Å². The van der Waals surface area contributed by atoms with Gasteiger partial charge in [0, 0.05) is 24.6 Å². The number of aromatic nitrogens is 2. The van der Waals surface area contributed by atoms with Crippen LogP contribution in [0.25, 0.3) is 10.6 Å². The van der Waals surface area contributed by atoms with E-state index in [4.69, 9.17) is 23.2 Å². The summed E-state index contributed by atoms with van der Waals surface area (Å²) < 4.78 is 0. The number of H-pyrrole nitrogens is 1. The van der Waals surface area contributed by atoms with Crippen molar-refractivity contribution in [3.05, 3.63) is 63.1 Å². The molecule has 3 aromatic rings. The van der Waals surface area contributed by atoms with Crippen molar-refractivity contribution < 1.29 is 9.59 Å². The van der Waals surface area contributed by atoms with E-state index in [-0.39, 0.29) is 17.6 Å². The summed E-state index contributed by atoms with van der Waals surface area (Å²) >= 11 is 13.5. The van der Waals surface area contributed by atoms with E-state index in [0.29, 0.717) is 47.2 Å². The van der Waals surface area contributed by atoms with E-state index in [1.807, 2.05) is 17.5 Å². The summed E-state index contributed by atoms with van der Waals surface area (Å²) in [5, 5.41) is 9.87. The quantitative estimate of drug-likeness (QED) is 0.576. The second kappa shape index (κ2) is 8.07. The number of nitrogens with zero attached hydrogens (tertiary/aromatic N) is 2. The molecule has 1 N–H and O–H groups in total. The molecule has 0 radical (unpaired) electrons. The molecule has 0 saturated carbocycles. The molecular weight excluding hydrogens is 417 g/mol. The van der Waals surface area contributed by atoms with Gasteiger partial charge in [-0.1, -0.05) is 29.3 Å². The number of aromatic amines is 1. The Balaban J connectivity index is 1.39. The fraction of sp³-hybridized carbons (Fsp3) is 0.250. The highest BCUT2D eigenvalue weighted by molar-refractivity contribution is 7.13. The Morgan fingerprint density at radius 1 is 1.11 bits per heavy atom. The number of hydrogen-bond donors (Lipinski definition) is 1. The molecule has 144 valence electrons. The summed E-state index contributed by atoms with van der Waals surface area (Å²) in [5.74, 6) is -0.188. The zero-order chi connectivity index (χ0) is 19.7. The van der Waals surface area contributed by atoms with Gasteiger partial charge >= 0.3 is 0 Å². The van der Waals surface area contributed by atoms with Crippen LogP contribution in [0.3, 0.4) is 0 Å². The number of piperidine rings is 1. The van der Waals surface area contributed by atoms with Crippen molar-refractivity contribution in [1.29, 1.82) is 0 Å². The first-order chi connectivity index (χ1) is 13.5. The van der Waals surface area contributed by atoms with E-state index in [1.54, 1.807) is 40.5 Å². The fourth-order valence-corrected chi connectivity index (χ4v) is 4.37. The molecule has 1 aliphatic heterocycles. The van der Waals surface area contributed by atoms with Crippen LogP contribution in [0, 0.1) is 5.92 Å². The summed E-state index contributed by atoms with van der Waals surface area (Å²) in [6.07, 6.45) is 1.24. The van der Waals surface area contributed by atoms with Gasteiger partial charge in [0.25, 0.3) is 5.91 Å². The highest BCUT2D eigenvalue weighted by atomic mass is 35.5. The molecule has 28 heavy (non-hydrogen) atoms. The van der Waals surface area contributed by atoms with Crippen LogP contribution in [0.2, 0.25) is 10.0 Å². The molecule has 1 aromatic carbocycles. The molecule has 1 fully saturated rings. The lowest BCUT2D eigenvalue weighted by molar-refractivity contribution is 0.0645. The third-order valence-electron chi connectivity index (χ3n) is 4.94. The number of carbonyl (C=O) groups excluding carboxylic acids is 2. The van der Waals surface area contributed by atoms with Gasteiger partial charge in [-0.05, 0) is 48.6 Å². The number of halogens is 2. The van der Waals surface area contributed by atoms with Crippen molar-refractivity contribution in [2.24, 2.45) is 5.92 Å². The molecule has 2 aromatic heterocycles. The van der Waals surface area contributed by atoms with E-state index in [1.165, 1.54) is 0 Å². The summed E-state index contributed by atoms with van der Waals surface area (Å²) in [5.41, 5.74) is 1.80. The van der Waals surface area contributed by atoms with Crippen LogP contribution in [-0.4, -0.2) is 39.9 Å². The van der Waals surface area contributed by atoms with Gasteiger partial charge in [-0.25, -0.2) is 0 Å². The third kappa shape index (κ3) is 3.85. The summed E-state index contributed by atoms with van der Waals surface area (Å²) in [6.45, 7) is 1.05. The number of likely N-dealkylation sites (tertiary alicyclic amines) is 1. The summed E-state index contributed by atoms with van der Waals surface area (Å²) in [4.78, 5) is 28.3. The molecular formula is C20H17Cl2N3O2S. The lowest BCUT2D eigenvalue weighted by Crippen LogP contribution is -2.40. The standard InChI is InChI=1S/C20H17Cl2N3O2S/c21-14-4-3-13(10-15(14)22)19(26)12-5-7-25(8-6-12)20(27)17-11-16(23-24-17)18-2-1-9-28-18/h1-4,9-12H,5-8H2,(H,23,24). The van der Waals surface area contributed by atoms with Gasteiger partial charge < -0.3 is 4.90 Å². The molecule has 0 spiro atoms. The molecule has 0 unspecified atom stereocenters. The first-order valence-electron chi connectivity index (χ1n) is 8.91. The zero-order valence-corrected chi connectivity index (χ0v) is 17.2. The van der Waals surface area contributed by atoms with Crippen LogP contribution in [0.1, 0.15) is 33.7 Å². The highest BCUT2D eigenvalue weighted by Gasteiger charge is 2.29. The number of benzene rings is 1. The number of Topliss-reactive ketones (excluding diaryl/α,β-unsaturated/α-hetero) is 1. The maximum Gasteiger partial charge on any atom is 0.274 e. The summed E-state index contributed by atoms with van der Waals surface area (Å²) in [6, 6.07) is 10.7. The Bertz CT molecular complexity index is 1010. The number of nitrogens with one attached hydrogen (secondary N) is 1. The smallest absolute Gasteiger partial charge is 0.274 e. The minimum atomic E-state index is -0.123. The molecule has 0 aliphatic carbocycles. The molecule has 8 heteroatoms. The van der Waals surface area contributed by atoms with Crippen LogP contribution in [0.15, 0.2) is 41.8 Å². The Hall–Kier alpha value is -2.15. The van der Waals surface area contributed by atoms with Gasteiger partial charge in [-0.3, -0.25) is 14.7 Å². The van der Waals surface area contributed by atoms with E-state index < -0.39 is 0 Å². The first kappa shape index (κ1) is 19.2. The lowest BCUT2D eigenvalue weighted by Gasteiger charge is -2.30. The second-order valence-corrected chi connectivity index (χ2v) is 8.47. The van der Waals surface area contributed by atoms with Crippen LogP contribution in [0.5, 0.6) is 0 Å². The van der Waals surface area contributed by atoms with E-state index in [9.17, 15) is 9.59 Å². The Morgan fingerprint density at radius 3 is 2.57 bits per heavy atom. The topological polar surface area (TPSA) is 66.1 Å². The maximum atomic E-state index is 12.7. The normalized spacial score (nSPS) is 15.0. The Kier molecular flexibility index (Phi) is 5.53. The number of ketones is 1. The fourth-order valence-electron chi connectivity index (χ4n) is 3.38. The van der Waals surface area contributed by atoms with Gasteiger partial charge in [-0.15, -0.1) is 11.3 Å². The lowest BCUT2D eigenvalue weighted by atomic mass is 9.89. The van der Waals surface area contributed by atoms with Gasteiger partial charge in [0.05, 0.1) is 20.6 Å². The van der Waals surface area contributed by atoms with E-state index in [2.05, 4.69) is 10.2 Å². The number of amides is 1. The van der Waals surface area contributed by atoms with Gasteiger partial charge in [0.15, 0.2) is 11.5 Å². The molecule has 1 saturated heterocycles. The van der Waals surface area contributed by atoms with Crippen molar-refractivity contribution in [3.8, 4) is 10.6 Å². The highest BCUT2D eigenvalue weighted by Crippen LogP contribution is 2.28. The molecule has 1 amide bonds. The molecule has 3 heterocycles. The SMILES string of the molecule is O=C(c1ccc(Cl)c(Cl)c1)C1CCN(C(=O)c2cc(-c3cccs3)[nH]n2)CC1. The number of hydrogen-bond acceptors (Lipinski definition) is 4. The largest absolute Gasteiger partial charge is 0.337 e. The van der Waals surface area contributed by atoms with Crippen molar-refractivity contribution in [1.82, 2.24) is 15.1 Å². The first-order valence-corrected chi connectivity index (χ1v) is 10.5. The summed E-state index contributed by atoms with van der Waals surface area (Å²) in [7, 11) is 0.